The third-order valence-electron chi connectivity index (χ3n) is 5.24. The Balaban J connectivity index is 1.47. The van der Waals surface area contributed by atoms with E-state index in [1.54, 1.807) is 28.9 Å². The van der Waals surface area contributed by atoms with Crippen LogP contribution in [0.15, 0.2) is 77.3 Å². The first-order valence-electron chi connectivity index (χ1n) is 10.1. The second-order valence-corrected chi connectivity index (χ2v) is 7.44. The number of amides is 1. The molecule has 1 amide bonds. The number of fused-ring (bicyclic) bond motifs is 1. The van der Waals surface area contributed by atoms with Crippen LogP contribution < -0.4 is 0 Å². The zero-order valence-electron chi connectivity index (χ0n) is 17.6. The number of para-hydroxylation sites is 1. The number of hydrogen-bond donors (Lipinski definition) is 0. The van der Waals surface area contributed by atoms with E-state index in [-0.39, 0.29) is 12.5 Å². The topological polar surface area (TPSA) is 89.9 Å². The summed E-state index contributed by atoms with van der Waals surface area (Å²) in [7, 11) is 3.56. The highest BCUT2D eigenvalue weighted by Gasteiger charge is 2.20. The summed E-state index contributed by atoms with van der Waals surface area (Å²) in [5.74, 6) is 0.630. The summed E-state index contributed by atoms with van der Waals surface area (Å²) in [6.07, 6.45) is 1.71. The second kappa shape index (κ2) is 8.07. The zero-order valence-corrected chi connectivity index (χ0v) is 17.6. The van der Waals surface area contributed by atoms with Crippen molar-refractivity contribution >= 4 is 16.8 Å². The van der Waals surface area contributed by atoms with E-state index in [1.165, 1.54) is 0 Å². The predicted octanol–water partition coefficient (Wildman–Crippen LogP) is 3.96. The molecule has 5 aromatic rings. The first-order chi connectivity index (χ1) is 15.6. The van der Waals surface area contributed by atoms with E-state index in [9.17, 15) is 4.79 Å². The van der Waals surface area contributed by atoms with Gasteiger partial charge in [-0.3, -0.25) is 9.48 Å². The number of carbonyl (C=O) groups is 1. The Hall–Kier alpha value is -4.33. The third-order valence-corrected chi connectivity index (χ3v) is 5.24. The smallest absolute Gasteiger partial charge is 0.254 e. The molecule has 3 heterocycles. The van der Waals surface area contributed by atoms with Gasteiger partial charge < -0.3 is 9.32 Å². The molecule has 0 saturated carbocycles. The van der Waals surface area contributed by atoms with E-state index < -0.39 is 0 Å². The Morgan fingerprint density at radius 2 is 1.81 bits per heavy atom. The van der Waals surface area contributed by atoms with Gasteiger partial charge in [0.1, 0.15) is 0 Å². The van der Waals surface area contributed by atoms with Gasteiger partial charge in [0.15, 0.2) is 0 Å². The molecule has 8 heteroatoms. The van der Waals surface area contributed by atoms with Gasteiger partial charge in [-0.2, -0.15) is 5.10 Å². The number of aromatic nitrogens is 5. The van der Waals surface area contributed by atoms with Crippen LogP contribution in [0.25, 0.3) is 33.7 Å². The third kappa shape index (κ3) is 3.62. The maximum atomic E-state index is 13.4. The van der Waals surface area contributed by atoms with Gasteiger partial charge in [-0.05, 0) is 30.3 Å². The van der Waals surface area contributed by atoms with Crippen LogP contribution in [0.4, 0.5) is 0 Å². The molecule has 0 spiro atoms. The minimum atomic E-state index is -0.161. The van der Waals surface area contributed by atoms with Crippen LogP contribution in [0, 0.1) is 0 Å². The van der Waals surface area contributed by atoms with E-state index >= 15 is 0 Å². The second-order valence-electron chi connectivity index (χ2n) is 7.44. The molecule has 0 fully saturated rings. The molecule has 0 unspecified atom stereocenters. The zero-order chi connectivity index (χ0) is 22.1. The summed E-state index contributed by atoms with van der Waals surface area (Å²) < 4.78 is 7.51. The lowest BCUT2D eigenvalue weighted by atomic mass is 10.1. The number of aryl methyl sites for hydroxylation is 1. The van der Waals surface area contributed by atoms with E-state index in [1.807, 2.05) is 67.7 Å². The molecule has 0 N–H and O–H groups in total. The van der Waals surface area contributed by atoms with Gasteiger partial charge >= 0.3 is 0 Å². The lowest BCUT2D eigenvalue weighted by Crippen LogP contribution is -2.26. The molecule has 2 aromatic carbocycles. The van der Waals surface area contributed by atoms with Gasteiger partial charge in [0.2, 0.25) is 11.8 Å². The fourth-order valence-electron chi connectivity index (χ4n) is 3.60. The van der Waals surface area contributed by atoms with Crippen LogP contribution in [0.1, 0.15) is 16.2 Å². The molecule has 0 atom stereocenters. The number of rotatable bonds is 5. The molecule has 0 radical (unpaired) electrons. The van der Waals surface area contributed by atoms with Crippen molar-refractivity contribution < 1.29 is 9.21 Å². The molecule has 3 aromatic heterocycles. The highest BCUT2D eigenvalue weighted by Crippen LogP contribution is 2.26. The Morgan fingerprint density at radius 3 is 2.59 bits per heavy atom. The fourth-order valence-corrected chi connectivity index (χ4v) is 3.60. The Morgan fingerprint density at radius 1 is 1.03 bits per heavy atom. The van der Waals surface area contributed by atoms with E-state index in [0.717, 1.165) is 22.2 Å². The molecule has 158 valence electrons. The van der Waals surface area contributed by atoms with Crippen LogP contribution in [0.2, 0.25) is 0 Å². The highest BCUT2D eigenvalue weighted by atomic mass is 16.4. The van der Waals surface area contributed by atoms with Crippen LogP contribution >= 0.6 is 0 Å². The van der Waals surface area contributed by atoms with Gasteiger partial charge in [-0.25, -0.2) is 4.98 Å². The molecule has 5 rings (SSSR count). The number of hydrogen-bond acceptors (Lipinski definition) is 6. The number of carbonyl (C=O) groups excluding carboxylic acids is 1. The van der Waals surface area contributed by atoms with E-state index in [4.69, 9.17) is 9.40 Å². The average Bonchev–Trinajstić information content (AvgIpc) is 3.47. The summed E-state index contributed by atoms with van der Waals surface area (Å²) in [4.78, 5) is 19.7. The average molecular weight is 424 g/mol. The van der Waals surface area contributed by atoms with Crippen LogP contribution in [0.5, 0.6) is 0 Å². The predicted molar refractivity (Wildman–Crippen MR) is 119 cm³/mol. The van der Waals surface area contributed by atoms with Crippen molar-refractivity contribution in [3.8, 4) is 22.8 Å². The molecule has 0 aliphatic heterocycles. The molecule has 8 nitrogen and oxygen atoms in total. The number of nitrogens with zero attached hydrogens (tertiary/aromatic N) is 6. The van der Waals surface area contributed by atoms with Crippen molar-refractivity contribution in [3.63, 3.8) is 0 Å². The first-order valence-corrected chi connectivity index (χ1v) is 10.1. The largest absolute Gasteiger partial charge is 0.419 e. The first kappa shape index (κ1) is 19.6. The maximum absolute atomic E-state index is 13.4. The Bertz CT molecular complexity index is 1410. The summed E-state index contributed by atoms with van der Waals surface area (Å²) in [6, 6.07) is 20.8. The number of pyridine rings is 1. The maximum Gasteiger partial charge on any atom is 0.254 e. The van der Waals surface area contributed by atoms with Gasteiger partial charge in [0, 0.05) is 31.2 Å². The summed E-state index contributed by atoms with van der Waals surface area (Å²) in [6.45, 7) is 0.191. The van der Waals surface area contributed by atoms with Gasteiger partial charge in [0.05, 0.1) is 29.0 Å². The van der Waals surface area contributed by atoms with Crippen LogP contribution in [-0.2, 0) is 13.6 Å². The monoisotopic (exact) mass is 424 g/mol. The fraction of sp³-hybridized carbons (Fsp3) is 0.125. The van der Waals surface area contributed by atoms with E-state index in [2.05, 4.69) is 15.3 Å². The molecule has 0 aliphatic carbocycles. The van der Waals surface area contributed by atoms with Crippen molar-refractivity contribution in [2.45, 2.75) is 6.54 Å². The highest BCUT2D eigenvalue weighted by molar-refractivity contribution is 6.07. The normalized spacial score (nSPS) is 11.1. The SMILES string of the molecule is CN(Cc1nnc(-c2ccccc2)o1)C(=O)c1cc(-c2ccnn2C)nc2ccccc12. The van der Waals surface area contributed by atoms with Gasteiger partial charge in [-0.15, -0.1) is 10.2 Å². The minimum Gasteiger partial charge on any atom is -0.419 e. The summed E-state index contributed by atoms with van der Waals surface area (Å²) >= 11 is 0. The Labute approximate surface area is 184 Å². The van der Waals surface area contributed by atoms with Crippen molar-refractivity contribution in [2.75, 3.05) is 7.05 Å². The molecule has 0 saturated heterocycles. The molecule has 0 aliphatic rings. The molecule has 32 heavy (non-hydrogen) atoms. The summed E-state index contributed by atoms with van der Waals surface area (Å²) in [5, 5.41) is 13.2. The Kier molecular flexibility index (Phi) is 4.95. The lowest BCUT2D eigenvalue weighted by Gasteiger charge is -2.17. The van der Waals surface area contributed by atoms with Crippen LogP contribution in [0.3, 0.4) is 0 Å². The van der Waals surface area contributed by atoms with Crippen molar-refractivity contribution in [3.05, 3.63) is 84.4 Å². The van der Waals surface area contributed by atoms with Crippen LogP contribution in [-0.4, -0.2) is 42.8 Å². The summed E-state index contributed by atoms with van der Waals surface area (Å²) in [5.41, 5.74) is 3.65. The van der Waals surface area contributed by atoms with Crippen molar-refractivity contribution in [2.24, 2.45) is 7.05 Å². The lowest BCUT2D eigenvalue weighted by molar-refractivity contribution is 0.0775. The van der Waals surface area contributed by atoms with Gasteiger partial charge in [0.25, 0.3) is 5.91 Å². The van der Waals surface area contributed by atoms with Gasteiger partial charge in [-0.1, -0.05) is 36.4 Å². The molecular formula is C24H20N6O2. The van der Waals surface area contributed by atoms with Crippen molar-refractivity contribution in [1.82, 2.24) is 29.9 Å². The van der Waals surface area contributed by atoms with Crippen molar-refractivity contribution in [1.29, 1.82) is 0 Å². The molecule has 0 bridgehead atoms. The standard InChI is InChI=1S/C24H20N6O2/c1-29(15-22-27-28-23(32-22)16-8-4-3-5-9-16)24(31)18-14-20(21-12-13-25-30(21)2)26-19-11-7-6-10-17(18)19/h3-14H,15H2,1-2H3. The molecular weight excluding hydrogens is 404 g/mol. The minimum absolute atomic E-state index is 0.161. The number of benzene rings is 2. The quantitative estimate of drug-likeness (QED) is 0.424. The van der Waals surface area contributed by atoms with E-state index in [0.29, 0.717) is 23.0 Å².